The smallest absolute Gasteiger partial charge is 0.323 e. The second-order valence-corrected chi connectivity index (χ2v) is 5.87. The lowest BCUT2D eigenvalue weighted by atomic mass is 10.3. The highest BCUT2D eigenvalue weighted by molar-refractivity contribution is 5.83. The summed E-state index contributed by atoms with van der Waals surface area (Å²) in [5, 5.41) is 9.24. The molecule has 0 aliphatic carbocycles. The molecule has 23 heavy (non-hydrogen) atoms. The van der Waals surface area contributed by atoms with Crippen LogP contribution in [-0.4, -0.2) is 47.2 Å². The van der Waals surface area contributed by atoms with E-state index in [1.165, 1.54) is 0 Å². The van der Waals surface area contributed by atoms with Gasteiger partial charge in [-0.3, -0.25) is 4.79 Å². The number of aromatic nitrogens is 2. The third kappa shape index (κ3) is 3.36. The van der Waals surface area contributed by atoms with E-state index >= 15 is 0 Å². The van der Waals surface area contributed by atoms with Gasteiger partial charge in [0, 0.05) is 19.6 Å². The van der Waals surface area contributed by atoms with Gasteiger partial charge >= 0.3 is 5.97 Å². The number of para-hydroxylation sites is 2. The van der Waals surface area contributed by atoms with E-state index in [0.717, 1.165) is 49.2 Å². The molecule has 0 atom stereocenters. The summed E-state index contributed by atoms with van der Waals surface area (Å²) in [5.41, 5.74) is 1.65. The van der Waals surface area contributed by atoms with Gasteiger partial charge in [0.1, 0.15) is 6.54 Å². The molecular weight excluding hydrogens is 292 g/mol. The number of anilines is 2. The Balaban J connectivity index is 2.10. The van der Waals surface area contributed by atoms with Crippen molar-refractivity contribution in [3.8, 4) is 0 Å². The summed E-state index contributed by atoms with van der Waals surface area (Å²) in [5.74, 6) is 0.659. The molecule has 6 heteroatoms. The van der Waals surface area contributed by atoms with E-state index < -0.39 is 5.97 Å². The fourth-order valence-electron chi connectivity index (χ4n) is 3.03. The SMILES string of the molecule is CCCN(CC(=O)O)c1nc2ccccc2nc1N1CCCC1. The van der Waals surface area contributed by atoms with Gasteiger partial charge in [0.2, 0.25) is 0 Å². The Morgan fingerprint density at radius 2 is 1.87 bits per heavy atom. The van der Waals surface area contributed by atoms with E-state index in [1.54, 1.807) is 0 Å². The lowest BCUT2D eigenvalue weighted by molar-refractivity contribution is -0.135. The number of carboxylic acids is 1. The largest absolute Gasteiger partial charge is 0.480 e. The first-order valence-electron chi connectivity index (χ1n) is 8.17. The molecule has 0 radical (unpaired) electrons. The number of hydrogen-bond donors (Lipinski definition) is 1. The summed E-state index contributed by atoms with van der Waals surface area (Å²) < 4.78 is 0. The van der Waals surface area contributed by atoms with E-state index in [4.69, 9.17) is 9.97 Å². The van der Waals surface area contributed by atoms with Crippen LogP contribution in [0.15, 0.2) is 24.3 Å². The van der Waals surface area contributed by atoms with Gasteiger partial charge in [-0.15, -0.1) is 0 Å². The minimum atomic E-state index is -0.846. The highest BCUT2D eigenvalue weighted by Gasteiger charge is 2.23. The van der Waals surface area contributed by atoms with Gasteiger partial charge in [-0.1, -0.05) is 19.1 Å². The molecule has 1 fully saturated rings. The first-order valence-corrected chi connectivity index (χ1v) is 8.17. The van der Waals surface area contributed by atoms with Crippen LogP contribution in [0.4, 0.5) is 11.6 Å². The van der Waals surface area contributed by atoms with Gasteiger partial charge in [0.25, 0.3) is 0 Å². The summed E-state index contributed by atoms with van der Waals surface area (Å²) >= 11 is 0. The molecule has 122 valence electrons. The molecule has 1 saturated heterocycles. The molecule has 0 unspecified atom stereocenters. The molecule has 1 aliphatic heterocycles. The molecular formula is C17H22N4O2. The Morgan fingerprint density at radius 3 is 2.48 bits per heavy atom. The van der Waals surface area contributed by atoms with Crippen molar-refractivity contribution in [1.29, 1.82) is 0 Å². The Hall–Kier alpha value is -2.37. The summed E-state index contributed by atoms with van der Waals surface area (Å²) in [6.45, 7) is 4.54. The zero-order valence-electron chi connectivity index (χ0n) is 13.4. The second kappa shape index (κ2) is 6.81. The Kier molecular flexibility index (Phi) is 4.60. The molecule has 2 aromatic rings. The highest BCUT2D eigenvalue weighted by Crippen LogP contribution is 2.30. The van der Waals surface area contributed by atoms with Crippen molar-refractivity contribution in [3.05, 3.63) is 24.3 Å². The average molecular weight is 314 g/mol. The number of benzene rings is 1. The van der Waals surface area contributed by atoms with E-state index in [9.17, 15) is 9.90 Å². The predicted molar refractivity (Wildman–Crippen MR) is 91.1 cm³/mol. The maximum atomic E-state index is 11.3. The normalized spacial score (nSPS) is 14.4. The van der Waals surface area contributed by atoms with Crippen molar-refractivity contribution >= 4 is 28.6 Å². The topological polar surface area (TPSA) is 69.6 Å². The maximum Gasteiger partial charge on any atom is 0.323 e. The quantitative estimate of drug-likeness (QED) is 0.883. The molecule has 6 nitrogen and oxygen atoms in total. The highest BCUT2D eigenvalue weighted by atomic mass is 16.4. The first kappa shape index (κ1) is 15.5. The maximum absolute atomic E-state index is 11.3. The molecule has 0 saturated carbocycles. The molecule has 0 amide bonds. The van der Waals surface area contributed by atoms with E-state index in [1.807, 2.05) is 36.1 Å². The van der Waals surface area contributed by atoms with Gasteiger partial charge in [0.15, 0.2) is 11.6 Å². The molecule has 1 aliphatic rings. The van der Waals surface area contributed by atoms with Crippen LogP contribution in [0.1, 0.15) is 26.2 Å². The zero-order valence-corrected chi connectivity index (χ0v) is 13.4. The average Bonchev–Trinajstić information content (AvgIpc) is 3.07. The van der Waals surface area contributed by atoms with E-state index in [-0.39, 0.29) is 6.54 Å². The lowest BCUT2D eigenvalue weighted by Crippen LogP contribution is -2.33. The third-order valence-electron chi connectivity index (χ3n) is 4.06. The summed E-state index contributed by atoms with van der Waals surface area (Å²) in [6.07, 6.45) is 3.14. The van der Waals surface area contributed by atoms with E-state index in [2.05, 4.69) is 4.90 Å². The minimum absolute atomic E-state index is 0.0539. The number of fused-ring (bicyclic) bond motifs is 1. The predicted octanol–water partition coefficient (Wildman–Crippen LogP) is 2.53. The van der Waals surface area contributed by atoms with Crippen molar-refractivity contribution < 1.29 is 9.90 Å². The fraction of sp³-hybridized carbons (Fsp3) is 0.471. The molecule has 1 aromatic carbocycles. The van der Waals surface area contributed by atoms with Gasteiger partial charge in [0.05, 0.1) is 11.0 Å². The second-order valence-electron chi connectivity index (χ2n) is 5.87. The van der Waals surface area contributed by atoms with Crippen molar-refractivity contribution in [1.82, 2.24) is 9.97 Å². The zero-order chi connectivity index (χ0) is 16.2. The number of aliphatic carboxylic acids is 1. The summed E-state index contributed by atoms with van der Waals surface area (Å²) in [7, 11) is 0. The summed E-state index contributed by atoms with van der Waals surface area (Å²) in [6, 6.07) is 7.75. The van der Waals surface area contributed by atoms with E-state index in [0.29, 0.717) is 12.4 Å². The fourth-order valence-corrected chi connectivity index (χ4v) is 3.03. The van der Waals surface area contributed by atoms with Crippen LogP contribution in [0.5, 0.6) is 0 Å². The molecule has 1 N–H and O–H groups in total. The number of hydrogen-bond acceptors (Lipinski definition) is 5. The Morgan fingerprint density at radius 1 is 1.22 bits per heavy atom. The van der Waals surface area contributed by atoms with Crippen molar-refractivity contribution in [2.45, 2.75) is 26.2 Å². The Labute approximate surface area is 135 Å². The molecule has 0 bridgehead atoms. The third-order valence-corrected chi connectivity index (χ3v) is 4.06. The Bertz CT molecular complexity index is 698. The van der Waals surface area contributed by atoms with Gasteiger partial charge in [-0.25, -0.2) is 9.97 Å². The van der Waals surface area contributed by atoms with Crippen molar-refractivity contribution in [3.63, 3.8) is 0 Å². The van der Waals surface area contributed by atoms with Crippen LogP contribution in [-0.2, 0) is 4.79 Å². The van der Waals surface area contributed by atoms with Crippen LogP contribution >= 0.6 is 0 Å². The van der Waals surface area contributed by atoms with Crippen LogP contribution in [0.2, 0.25) is 0 Å². The number of rotatable bonds is 6. The number of carbonyl (C=O) groups is 1. The lowest BCUT2D eigenvalue weighted by Gasteiger charge is -2.27. The van der Waals surface area contributed by atoms with Crippen LogP contribution in [0.25, 0.3) is 11.0 Å². The van der Waals surface area contributed by atoms with Crippen LogP contribution in [0.3, 0.4) is 0 Å². The molecule has 0 spiro atoms. The van der Waals surface area contributed by atoms with Crippen LogP contribution in [0, 0.1) is 0 Å². The van der Waals surface area contributed by atoms with Crippen LogP contribution < -0.4 is 9.80 Å². The number of carboxylic acid groups (broad SMARTS) is 1. The minimum Gasteiger partial charge on any atom is -0.480 e. The number of nitrogens with zero attached hydrogens (tertiary/aromatic N) is 4. The first-order chi connectivity index (χ1) is 11.2. The molecule has 2 heterocycles. The van der Waals surface area contributed by atoms with Gasteiger partial charge < -0.3 is 14.9 Å². The van der Waals surface area contributed by atoms with Gasteiger partial charge in [-0.05, 0) is 31.4 Å². The molecule has 1 aromatic heterocycles. The molecule has 3 rings (SSSR count). The standard InChI is InChI=1S/C17H22N4O2/c1-2-9-21(12-15(22)23)17-16(20-10-5-6-11-20)18-13-7-3-4-8-14(13)19-17/h3-4,7-8H,2,5-6,9-12H2,1H3,(H,22,23). The van der Waals surface area contributed by atoms with Gasteiger partial charge in [-0.2, -0.15) is 0 Å². The van der Waals surface area contributed by atoms with Crippen molar-refractivity contribution in [2.75, 3.05) is 36.0 Å². The summed E-state index contributed by atoms with van der Waals surface area (Å²) in [4.78, 5) is 24.8. The van der Waals surface area contributed by atoms with Crippen molar-refractivity contribution in [2.24, 2.45) is 0 Å². The monoisotopic (exact) mass is 314 g/mol.